The number of anilines is 1. The van der Waals surface area contributed by atoms with Crippen molar-refractivity contribution in [3.8, 4) is 5.75 Å². The molecule has 0 spiro atoms. The van der Waals surface area contributed by atoms with Crippen molar-refractivity contribution in [3.05, 3.63) is 59.9 Å². The van der Waals surface area contributed by atoms with Crippen LogP contribution in [0.15, 0.2) is 54.4 Å². The minimum atomic E-state index is -0.242. The molecule has 4 rings (SSSR count). The van der Waals surface area contributed by atoms with Crippen LogP contribution in [-0.2, 0) is 9.59 Å². The van der Waals surface area contributed by atoms with Gasteiger partial charge in [0.25, 0.3) is 11.8 Å². The minimum absolute atomic E-state index is 0.214. The Kier molecular flexibility index (Phi) is 5.70. The van der Waals surface area contributed by atoms with E-state index in [2.05, 4.69) is 9.88 Å². The van der Waals surface area contributed by atoms with Gasteiger partial charge in [-0.05, 0) is 24.6 Å². The second kappa shape index (κ2) is 8.57. The Morgan fingerprint density at radius 3 is 2.30 bits per heavy atom. The molecule has 1 aromatic carbocycles. The summed E-state index contributed by atoms with van der Waals surface area (Å²) < 4.78 is 5.50. The van der Waals surface area contributed by atoms with Crippen LogP contribution in [0.3, 0.4) is 0 Å². The summed E-state index contributed by atoms with van der Waals surface area (Å²) >= 11 is 0. The Bertz CT molecular complexity index is 965. The number of pyridine rings is 1. The summed E-state index contributed by atoms with van der Waals surface area (Å²) in [4.78, 5) is 36.6. The van der Waals surface area contributed by atoms with E-state index in [1.165, 1.54) is 4.90 Å². The zero-order chi connectivity index (χ0) is 21.1. The first-order chi connectivity index (χ1) is 14.7. The van der Waals surface area contributed by atoms with Crippen molar-refractivity contribution in [1.29, 1.82) is 0 Å². The molecule has 1 aromatic heterocycles. The number of aromatic nitrogens is 1. The molecule has 2 aliphatic rings. The molecule has 0 aliphatic carbocycles. The third-order valence-corrected chi connectivity index (χ3v) is 5.54. The van der Waals surface area contributed by atoms with E-state index in [9.17, 15) is 9.59 Å². The molecule has 0 bridgehead atoms. The minimum Gasteiger partial charge on any atom is -0.496 e. The van der Waals surface area contributed by atoms with Gasteiger partial charge in [-0.3, -0.25) is 14.5 Å². The molecular formula is C23H26N4O3. The molecule has 2 aromatic rings. The van der Waals surface area contributed by atoms with Crippen LogP contribution in [0.4, 0.5) is 5.82 Å². The predicted octanol–water partition coefficient (Wildman–Crippen LogP) is 2.40. The maximum atomic E-state index is 13.3. The first-order valence-corrected chi connectivity index (χ1v) is 10.3. The van der Waals surface area contributed by atoms with Crippen LogP contribution in [0.2, 0.25) is 0 Å². The van der Waals surface area contributed by atoms with Gasteiger partial charge in [0.2, 0.25) is 0 Å². The van der Waals surface area contributed by atoms with Gasteiger partial charge in [-0.2, -0.15) is 0 Å². The Morgan fingerprint density at radius 1 is 0.933 bits per heavy atom. The van der Waals surface area contributed by atoms with Crippen LogP contribution in [0.1, 0.15) is 18.9 Å². The van der Waals surface area contributed by atoms with Crippen molar-refractivity contribution < 1.29 is 14.3 Å². The molecule has 0 N–H and O–H groups in total. The molecule has 0 radical (unpaired) electrons. The summed E-state index contributed by atoms with van der Waals surface area (Å²) in [5, 5.41) is 0. The van der Waals surface area contributed by atoms with Crippen molar-refractivity contribution in [2.75, 3.05) is 44.7 Å². The van der Waals surface area contributed by atoms with Gasteiger partial charge >= 0.3 is 0 Å². The van der Waals surface area contributed by atoms with E-state index in [1.54, 1.807) is 13.3 Å². The lowest BCUT2D eigenvalue weighted by molar-refractivity contribution is -0.137. The molecule has 7 heteroatoms. The number of imide groups is 1. The Hall–Kier alpha value is -3.35. The molecule has 2 amide bonds. The van der Waals surface area contributed by atoms with Gasteiger partial charge in [-0.1, -0.05) is 31.2 Å². The number of carbonyl (C=O) groups excluding carboxylic acids is 2. The number of benzene rings is 1. The predicted molar refractivity (Wildman–Crippen MR) is 115 cm³/mol. The fourth-order valence-electron chi connectivity index (χ4n) is 4.08. The highest BCUT2D eigenvalue weighted by Gasteiger charge is 2.42. The standard InChI is InChI=1S/C23H26N4O3/c1-3-12-27-22(28)20(17-8-4-5-9-18(17)30-2)21(23(27)29)26-15-13-25(14-16-26)19-10-6-7-11-24-19/h4-11H,3,12-16H2,1-2H3. The number of rotatable bonds is 6. The molecule has 1 saturated heterocycles. The van der Waals surface area contributed by atoms with Crippen LogP contribution >= 0.6 is 0 Å². The fourth-order valence-corrected chi connectivity index (χ4v) is 4.08. The zero-order valence-electron chi connectivity index (χ0n) is 17.4. The van der Waals surface area contributed by atoms with Crippen LogP contribution < -0.4 is 9.64 Å². The van der Waals surface area contributed by atoms with Crippen molar-refractivity contribution in [3.63, 3.8) is 0 Å². The summed E-state index contributed by atoms with van der Waals surface area (Å²) in [6.45, 7) is 5.12. The van der Waals surface area contributed by atoms with Crippen LogP contribution in [-0.4, -0.2) is 66.4 Å². The first kappa shape index (κ1) is 19.9. The van der Waals surface area contributed by atoms with Gasteiger partial charge in [0.15, 0.2) is 0 Å². The third kappa shape index (κ3) is 3.51. The van der Waals surface area contributed by atoms with Crippen molar-refractivity contribution in [2.24, 2.45) is 0 Å². The van der Waals surface area contributed by atoms with E-state index in [0.717, 1.165) is 25.3 Å². The summed E-state index contributed by atoms with van der Waals surface area (Å²) in [6, 6.07) is 13.2. The molecule has 2 aliphatic heterocycles. The third-order valence-electron chi connectivity index (χ3n) is 5.54. The van der Waals surface area contributed by atoms with Gasteiger partial charge in [0, 0.05) is 44.5 Å². The molecular weight excluding hydrogens is 380 g/mol. The number of para-hydroxylation sites is 1. The molecule has 156 valence electrons. The highest BCUT2D eigenvalue weighted by Crippen LogP contribution is 2.36. The molecule has 3 heterocycles. The number of methoxy groups -OCH3 is 1. The quantitative estimate of drug-likeness (QED) is 0.687. The molecule has 30 heavy (non-hydrogen) atoms. The zero-order valence-corrected chi connectivity index (χ0v) is 17.4. The number of hydrogen-bond acceptors (Lipinski definition) is 6. The average Bonchev–Trinajstić information content (AvgIpc) is 3.04. The Morgan fingerprint density at radius 2 is 1.63 bits per heavy atom. The molecule has 1 fully saturated rings. The van der Waals surface area contributed by atoms with Crippen LogP contribution in [0.25, 0.3) is 5.57 Å². The van der Waals surface area contributed by atoms with E-state index in [-0.39, 0.29) is 11.8 Å². The van der Waals surface area contributed by atoms with Crippen molar-refractivity contribution in [1.82, 2.24) is 14.8 Å². The normalized spacial score (nSPS) is 17.2. The second-order valence-corrected chi connectivity index (χ2v) is 7.35. The number of hydrogen-bond donors (Lipinski definition) is 0. The van der Waals surface area contributed by atoms with E-state index in [1.807, 2.05) is 54.3 Å². The molecule has 7 nitrogen and oxygen atoms in total. The largest absolute Gasteiger partial charge is 0.496 e. The summed E-state index contributed by atoms with van der Waals surface area (Å²) in [7, 11) is 1.58. The highest BCUT2D eigenvalue weighted by molar-refractivity contribution is 6.36. The first-order valence-electron chi connectivity index (χ1n) is 10.3. The van der Waals surface area contributed by atoms with Crippen molar-refractivity contribution in [2.45, 2.75) is 13.3 Å². The number of nitrogens with zero attached hydrogens (tertiary/aromatic N) is 4. The fraction of sp³-hybridized carbons (Fsp3) is 0.348. The number of piperazine rings is 1. The van der Waals surface area contributed by atoms with E-state index in [0.29, 0.717) is 42.2 Å². The van der Waals surface area contributed by atoms with Gasteiger partial charge in [0.05, 0.1) is 12.7 Å². The van der Waals surface area contributed by atoms with Gasteiger partial charge < -0.3 is 14.5 Å². The van der Waals surface area contributed by atoms with Crippen LogP contribution in [0, 0.1) is 0 Å². The van der Waals surface area contributed by atoms with Crippen molar-refractivity contribution >= 4 is 23.2 Å². The maximum Gasteiger partial charge on any atom is 0.277 e. The molecule has 0 saturated carbocycles. The summed E-state index contributed by atoms with van der Waals surface area (Å²) in [6.07, 6.45) is 2.50. The lowest BCUT2D eigenvalue weighted by atomic mass is 10.0. The van der Waals surface area contributed by atoms with Gasteiger partial charge in [-0.15, -0.1) is 0 Å². The number of amides is 2. The van der Waals surface area contributed by atoms with Gasteiger partial charge in [-0.25, -0.2) is 4.98 Å². The Labute approximate surface area is 176 Å². The SMILES string of the molecule is CCCN1C(=O)C(c2ccccc2OC)=C(N2CCN(c3ccccn3)CC2)C1=O. The average molecular weight is 406 g/mol. The smallest absolute Gasteiger partial charge is 0.277 e. The van der Waals surface area contributed by atoms with Crippen LogP contribution in [0.5, 0.6) is 5.75 Å². The lowest BCUT2D eigenvalue weighted by Crippen LogP contribution is -2.48. The molecule has 0 atom stereocenters. The summed E-state index contributed by atoms with van der Waals surface area (Å²) in [5.41, 5.74) is 1.59. The Balaban J connectivity index is 1.68. The lowest BCUT2D eigenvalue weighted by Gasteiger charge is -2.37. The van der Waals surface area contributed by atoms with E-state index >= 15 is 0 Å². The van der Waals surface area contributed by atoms with E-state index < -0.39 is 0 Å². The summed E-state index contributed by atoms with van der Waals surface area (Å²) in [5.74, 6) is 1.07. The van der Waals surface area contributed by atoms with E-state index in [4.69, 9.17) is 4.74 Å². The topological polar surface area (TPSA) is 66.0 Å². The molecule has 0 unspecified atom stereocenters. The van der Waals surface area contributed by atoms with Gasteiger partial charge in [0.1, 0.15) is 17.3 Å². The highest BCUT2D eigenvalue weighted by atomic mass is 16.5. The maximum absolute atomic E-state index is 13.3. The number of ether oxygens (including phenoxy) is 1. The second-order valence-electron chi connectivity index (χ2n) is 7.35. The number of carbonyl (C=O) groups is 2. The monoisotopic (exact) mass is 406 g/mol.